The monoisotopic (exact) mass is 240 g/mol. The van der Waals surface area contributed by atoms with Gasteiger partial charge >= 0.3 is 0 Å². The molecule has 1 saturated carbocycles. The third kappa shape index (κ3) is 2.27. The first-order chi connectivity index (χ1) is 7.78. The topological polar surface area (TPSA) is 15.3 Å². The first-order valence-corrected chi connectivity index (χ1v) is 8.00. The van der Waals surface area contributed by atoms with Crippen molar-refractivity contribution in [3.05, 3.63) is 0 Å². The van der Waals surface area contributed by atoms with Crippen molar-refractivity contribution in [3.8, 4) is 0 Å². The Morgan fingerprint density at radius 1 is 1.31 bits per heavy atom. The van der Waals surface area contributed by atoms with Crippen LogP contribution in [0.5, 0.6) is 0 Å². The molecule has 2 aliphatic heterocycles. The summed E-state index contributed by atoms with van der Waals surface area (Å²) in [5, 5.41) is 3.82. The van der Waals surface area contributed by atoms with Crippen LogP contribution in [0, 0.1) is 5.92 Å². The Bertz CT molecular complexity index is 248. The molecule has 0 aromatic carbocycles. The minimum absolute atomic E-state index is 0.420. The van der Waals surface area contributed by atoms with Gasteiger partial charge in [0.1, 0.15) is 0 Å². The zero-order chi connectivity index (χ0) is 11.0. The van der Waals surface area contributed by atoms with E-state index in [0.29, 0.717) is 5.54 Å². The van der Waals surface area contributed by atoms with E-state index < -0.39 is 0 Å². The van der Waals surface area contributed by atoms with Crippen LogP contribution in [0.4, 0.5) is 0 Å². The molecule has 2 nitrogen and oxygen atoms in total. The van der Waals surface area contributed by atoms with Crippen molar-refractivity contribution in [3.63, 3.8) is 0 Å². The predicted octanol–water partition coefficient (Wildman–Crippen LogP) is 1.96. The maximum Gasteiger partial charge on any atom is 0.0308 e. The van der Waals surface area contributed by atoms with Gasteiger partial charge in [0.2, 0.25) is 0 Å². The summed E-state index contributed by atoms with van der Waals surface area (Å²) >= 11 is 2.14. The molecule has 3 aliphatic rings. The molecule has 0 spiro atoms. The summed E-state index contributed by atoms with van der Waals surface area (Å²) in [6.07, 6.45) is 5.67. The highest BCUT2D eigenvalue weighted by atomic mass is 32.2. The molecule has 3 heteroatoms. The maximum atomic E-state index is 3.82. The fourth-order valence-electron chi connectivity index (χ4n) is 3.33. The van der Waals surface area contributed by atoms with Crippen LogP contribution in [0.15, 0.2) is 0 Å². The zero-order valence-electron chi connectivity index (χ0n) is 10.4. The van der Waals surface area contributed by atoms with Gasteiger partial charge in [0.05, 0.1) is 0 Å². The van der Waals surface area contributed by atoms with Crippen LogP contribution in [0.2, 0.25) is 0 Å². The van der Waals surface area contributed by atoms with Gasteiger partial charge in [0, 0.05) is 23.9 Å². The Hall–Kier alpha value is 0.270. The average Bonchev–Trinajstić information content (AvgIpc) is 3.03. The quantitative estimate of drug-likeness (QED) is 0.794. The molecular weight excluding hydrogens is 216 g/mol. The van der Waals surface area contributed by atoms with Crippen LogP contribution in [0.25, 0.3) is 0 Å². The van der Waals surface area contributed by atoms with Crippen molar-refractivity contribution in [1.82, 2.24) is 10.2 Å². The molecule has 2 unspecified atom stereocenters. The molecule has 0 amide bonds. The van der Waals surface area contributed by atoms with E-state index in [1.54, 1.807) is 0 Å². The highest BCUT2D eigenvalue weighted by Crippen LogP contribution is 2.41. The Kier molecular flexibility index (Phi) is 3.20. The summed E-state index contributed by atoms with van der Waals surface area (Å²) < 4.78 is 0. The van der Waals surface area contributed by atoms with Gasteiger partial charge in [-0.2, -0.15) is 11.8 Å². The average molecular weight is 240 g/mol. The van der Waals surface area contributed by atoms with Gasteiger partial charge in [-0.25, -0.2) is 0 Å². The largest absolute Gasteiger partial charge is 0.310 e. The van der Waals surface area contributed by atoms with Crippen LogP contribution in [0.1, 0.15) is 32.6 Å². The predicted molar refractivity (Wildman–Crippen MR) is 71.1 cm³/mol. The van der Waals surface area contributed by atoms with Gasteiger partial charge < -0.3 is 5.32 Å². The molecule has 3 fully saturated rings. The molecular formula is C13H24N2S. The van der Waals surface area contributed by atoms with Gasteiger partial charge in [-0.1, -0.05) is 0 Å². The Labute approximate surface area is 104 Å². The zero-order valence-corrected chi connectivity index (χ0v) is 11.2. The van der Waals surface area contributed by atoms with Crippen LogP contribution in [-0.4, -0.2) is 47.6 Å². The fourth-order valence-corrected chi connectivity index (χ4v) is 4.58. The Balaban J connectivity index is 1.68. The second-order valence-electron chi connectivity index (χ2n) is 5.96. The number of hydrogen-bond donors (Lipinski definition) is 1. The molecule has 0 bridgehead atoms. The van der Waals surface area contributed by atoms with Crippen molar-refractivity contribution >= 4 is 11.8 Å². The van der Waals surface area contributed by atoms with E-state index in [0.717, 1.165) is 12.0 Å². The molecule has 0 radical (unpaired) electrons. The summed E-state index contributed by atoms with van der Waals surface area (Å²) in [7, 11) is 0. The molecule has 92 valence electrons. The van der Waals surface area contributed by atoms with E-state index >= 15 is 0 Å². The third-order valence-electron chi connectivity index (χ3n) is 4.58. The van der Waals surface area contributed by atoms with Crippen molar-refractivity contribution < 1.29 is 0 Å². The molecule has 1 N–H and O–H groups in total. The van der Waals surface area contributed by atoms with Gasteiger partial charge in [-0.15, -0.1) is 0 Å². The number of thioether (sulfide) groups is 1. The van der Waals surface area contributed by atoms with E-state index in [9.17, 15) is 0 Å². The van der Waals surface area contributed by atoms with Gasteiger partial charge in [-0.05, 0) is 57.4 Å². The van der Waals surface area contributed by atoms with E-state index in [1.165, 1.54) is 56.8 Å². The molecule has 0 aromatic rings. The van der Waals surface area contributed by atoms with Gasteiger partial charge in [-0.3, -0.25) is 4.90 Å². The Morgan fingerprint density at radius 2 is 2.19 bits per heavy atom. The SMILES string of the molecule is CC1(C2CC2)CN(C2CCSC2)CCCN1. The molecule has 1 aliphatic carbocycles. The molecule has 2 heterocycles. The number of nitrogens with one attached hydrogen (secondary N) is 1. The second-order valence-corrected chi connectivity index (χ2v) is 7.11. The van der Waals surface area contributed by atoms with Crippen molar-refractivity contribution in [1.29, 1.82) is 0 Å². The first-order valence-electron chi connectivity index (χ1n) is 6.85. The molecule has 2 saturated heterocycles. The first kappa shape index (κ1) is 11.4. The number of hydrogen-bond acceptors (Lipinski definition) is 3. The van der Waals surface area contributed by atoms with Crippen molar-refractivity contribution in [2.75, 3.05) is 31.1 Å². The summed E-state index contributed by atoms with van der Waals surface area (Å²) in [4.78, 5) is 2.79. The second kappa shape index (κ2) is 4.51. The summed E-state index contributed by atoms with van der Waals surface area (Å²) in [5.41, 5.74) is 0.420. The van der Waals surface area contributed by atoms with Crippen molar-refractivity contribution in [2.24, 2.45) is 5.92 Å². The lowest BCUT2D eigenvalue weighted by molar-refractivity contribution is 0.162. The van der Waals surface area contributed by atoms with Crippen LogP contribution < -0.4 is 5.32 Å². The highest BCUT2D eigenvalue weighted by molar-refractivity contribution is 7.99. The molecule has 0 aromatic heterocycles. The molecule has 16 heavy (non-hydrogen) atoms. The van der Waals surface area contributed by atoms with E-state index in [2.05, 4.69) is 28.9 Å². The van der Waals surface area contributed by atoms with Crippen molar-refractivity contribution in [2.45, 2.75) is 44.2 Å². The smallest absolute Gasteiger partial charge is 0.0308 e. The summed E-state index contributed by atoms with van der Waals surface area (Å²) in [6, 6.07) is 0.878. The summed E-state index contributed by atoms with van der Waals surface area (Å²) in [5.74, 6) is 3.72. The van der Waals surface area contributed by atoms with E-state index in [4.69, 9.17) is 0 Å². The minimum Gasteiger partial charge on any atom is -0.310 e. The molecule has 3 rings (SSSR count). The number of nitrogens with zero attached hydrogens (tertiary/aromatic N) is 1. The lowest BCUT2D eigenvalue weighted by atomic mass is 9.94. The van der Waals surface area contributed by atoms with Crippen LogP contribution >= 0.6 is 11.8 Å². The third-order valence-corrected chi connectivity index (χ3v) is 5.73. The van der Waals surface area contributed by atoms with Crippen LogP contribution in [0.3, 0.4) is 0 Å². The number of rotatable bonds is 2. The summed E-state index contributed by atoms with van der Waals surface area (Å²) in [6.45, 7) is 6.30. The lowest BCUT2D eigenvalue weighted by Gasteiger charge is -2.36. The molecule has 2 atom stereocenters. The van der Waals surface area contributed by atoms with Gasteiger partial charge in [0.15, 0.2) is 0 Å². The minimum atomic E-state index is 0.420. The van der Waals surface area contributed by atoms with Gasteiger partial charge in [0.25, 0.3) is 0 Å². The lowest BCUT2D eigenvalue weighted by Crippen LogP contribution is -2.52. The standard InChI is InChI=1S/C13H24N2S/c1-13(11-3-4-11)10-15(7-2-6-14-13)12-5-8-16-9-12/h11-12,14H,2-10H2,1H3. The van der Waals surface area contributed by atoms with Crippen LogP contribution in [-0.2, 0) is 0 Å². The maximum absolute atomic E-state index is 3.82. The fraction of sp³-hybridized carbons (Fsp3) is 1.00. The van der Waals surface area contributed by atoms with E-state index in [-0.39, 0.29) is 0 Å². The normalized spacial score (nSPS) is 42.2. The Morgan fingerprint density at radius 3 is 2.88 bits per heavy atom. The highest BCUT2D eigenvalue weighted by Gasteiger charge is 2.44. The van der Waals surface area contributed by atoms with E-state index in [1.807, 2.05) is 0 Å².